The Morgan fingerprint density at radius 2 is 1.21 bits per heavy atom. The highest BCUT2D eigenvalue weighted by atomic mass is 32.2. The van der Waals surface area contributed by atoms with Crippen LogP contribution < -0.4 is 0 Å². The van der Waals surface area contributed by atoms with Crippen LogP contribution in [0.2, 0.25) is 0 Å². The lowest BCUT2D eigenvalue weighted by atomic mass is 9.79. The maximum atomic E-state index is 11.3. The maximum Gasteiger partial charge on any atom is 0.122 e. The largest absolute Gasteiger partial charge is 0.507 e. The Bertz CT molecular complexity index is 604. The minimum atomic E-state index is 0.197. The average molecular weight is 403 g/mol. The molecule has 0 aliphatic heterocycles. The molecule has 28 heavy (non-hydrogen) atoms. The van der Waals surface area contributed by atoms with Gasteiger partial charge >= 0.3 is 0 Å². The molecule has 0 bridgehead atoms. The summed E-state index contributed by atoms with van der Waals surface area (Å²) in [7, 11) is 0. The Labute approximate surface area is 178 Å². The Hall–Kier alpha value is -0.630. The molecule has 1 aromatic carbocycles. The smallest absolute Gasteiger partial charge is 0.122 e. The first kappa shape index (κ1) is 22.1. The monoisotopic (exact) mass is 402 g/mol. The van der Waals surface area contributed by atoms with Crippen molar-refractivity contribution in [2.45, 2.75) is 127 Å². The van der Waals surface area contributed by atoms with Gasteiger partial charge in [-0.1, -0.05) is 73.1 Å². The molecular weight excluding hydrogens is 360 g/mol. The summed E-state index contributed by atoms with van der Waals surface area (Å²) in [6.07, 6.45) is 14.2. The van der Waals surface area contributed by atoms with E-state index >= 15 is 0 Å². The van der Waals surface area contributed by atoms with E-state index in [1.165, 1.54) is 86.7 Å². The minimum Gasteiger partial charge on any atom is -0.507 e. The Kier molecular flexibility index (Phi) is 7.11. The van der Waals surface area contributed by atoms with E-state index in [2.05, 4.69) is 46.8 Å². The number of hydrogen-bond donors (Lipinski definition) is 1. The standard InChI is InChI=1S/C26H42OS/c1-25(2,3)18-26(4,5)28-21-16-22(19-12-8-6-9-13-19)24(27)23(17-21)20-14-10-7-11-15-20/h16-17,19-20,27H,6-15,18H2,1-5H3. The van der Waals surface area contributed by atoms with Crippen LogP contribution in [-0.2, 0) is 0 Å². The second kappa shape index (κ2) is 9.02. The third-order valence-electron chi connectivity index (χ3n) is 6.58. The van der Waals surface area contributed by atoms with Crippen molar-refractivity contribution in [3.63, 3.8) is 0 Å². The summed E-state index contributed by atoms with van der Waals surface area (Å²) in [5.41, 5.74) is 2.85. The zero-order chi connectivity index (χ0) is 20.4. The van der Waals surface area contributed by atoms with Crippen molar-refractivity contribution in [2.24, 2.45) is 5.41 Å². The SMILES string of the molecule is CC(C)(C)CC(C)(C)Sc1cc(C2CCCCC2)c(O)c(C2CCCCC2)c1. The minimum absolute atomic E-state index is 0.197. The first-order chi connectivity index (χ1) is 13.1. The van der Waals surface area contributed by atoms with E-state index in [1.54, 1.807) is 0 Å². The van der Waals surface area contributed by atoms with Crippen LogP contribution in [0.5, 0.6) is 5.75 Å². The van der Waals surface area contributed by atoms with Gasteiger partial charge in [-0.2, -0.15) is 0 Å². The van der Waals surface area contributed by atoms with E-state index in [0.29, 0.717) is 23.0 Å². The molecule has 0 aromatic heterocycles. The molecule has 1 N–H and O–H groups in total. The lowest BCUT2D eigenvalue weighted by molar-refractivity contribution is 0.339. The van der Waals surface area contributed by atoms with Crippen molar-refractivity contribution in [3.8, 4) is 5.75 Å². The Balaban J connectivity index is 1.94. The molecule has 0 unspecified atom stereocenters. The number of hydrogen-bond acceptors (Lipinski definition) is 2. The topological polar surface area (TPSA) is 20.2 Å². The maximum absolute atomic E-state index is 11.3. The van der Waals surface area contributed by atoms with Crippen LogP contribution in [-0.4, -0.2) is 9.85 Å². The Morgan fingerprint density at radius 1 is 0.786 bits per heavy atom. The highest BCUT2D eigenvalue weighted by Crippen LogP contribution is 2.48. The number of phenolic OH excluding ortho intramolecular Hbond substituents is 1. The van der Waals surface area contributed by atoms with Crippen LogP contribution in [0.1, 0.15) is 128 Å². The molecule has 2 heteroatoms. The van der Waals surface area contributed by atoms with Crippen LogP contribution in [0.25, 0.3) is 0 Å². The van der Waals surface area contributed by atoms with E-state index in [-0.39, 0.29) is 4.75 Å². The first-order valence-electron chi connectivity index (χ1n) is 11.7. The van der Waals surface area contributed by atoms with Crippen LogP contribution in [0.3, 0.4) is 0 Å². The van der Waals surface area contributed by atoms with Crippen LogP contribution in [0, 0.1) is 5.41 Å². The number of benzene rings is 1. The molecule has 0 saturated heterocycles. The molecule has 0 radical (unpaired) electrons. The average Bonchev–Trinajstić information content (AvgIpc) is 2.62. The van der Waals surface area contributed by atoms with E-state index in [1.807, 2.05) is 11.8 Å². The zero-order valence-corrected chi connectivity index (χ0v) is 19.8. The molecule has 0 spiro atoms. The number of phenols is 1. The van der Waals surface area contributed by atoms with Gasteiger partial charge in [0, 0.05) is 9.64 Å². The van der Waals surface area contributed by atoms with Crippen molar-refractivity contribution in [1.29, 1.82) is 0 Å². The number of thioether (sulfide) groups is 1. The predicted octanol–water partition coefficient (Wildman–Crippen LogP) is 8.79. The Morgan fingerprint density at radius 3 is 1.61 bits per heavy atom. The number of aromatic hydroxyl groups is 1. The lowest BCUT2D eigenvalue weighted by Crippen LogP contribution is -2.23. The molecule has 0 amide bonds. The van der Waals surface area contributed by atoms with Gasteiger partial charge in [-0.15, -0.1) is 11.8 Å². The highest BCUT2D eigenvalue weighted by molar-refractivity contribution is 8.00. The van der Waals surface area contributed by atoms with E-state index in [4.69, 9.17) is 0 Å². The quantitative estimate of drug-likeness (QED) is 0.496. The molecule has 2 aliphatic rings. The van der Waals surface area contributed by atoms with E-state index in [0.717, 1.165) is 0 Å². The second-order valence-corrected chi connectivity index (χ2v) is 13.0. The van der Waals surface area contributed by atoms with Gasteiger partial charge in [0.25, 0.3) is 0 Å². The molecule has 3 rings (SSSR count). The molecular formula is C26H42OS. The van der Waals surface area contributed by atoms with Crippen LogP contribution >= 0.6 is 11.8 Å². The van der Waals surface area contributed by atoms with Crippen LogP contribution in [0.15, 0.2) is 17.0 Å². The summed E-state index contributed by atoms with van der Waals surface area (Å²) in [6.45, 7) is 11.8. The third-order valence-corrected chi connectivity index (χ3v) is 7.75. The fraction of sp³-hybridized carbons (Fsp3) is 0.769. The van der Waals surface area contributed by atoms with Gasteiger partial charge in [0.2, 0.25) is 0 Å². The fourth-order valence-electron chi connectivity index (χ4n) is 5.79. The summed E-state index contributed by atoms with van der Waals surface area (Å²) in [4.78, 5) is 1.38. The first-order valence-corrected chi connectivity index (χ1v) is 12.5. The zero-order valence-electron chi connectivity index (χ0n) is 18.9. The van der Waals surface area contributed by atoms with Gasteiger partial charge in [0.1, 0.15) is 5.75 Å². The molecule has 2 aliphatic carbocycles. The summed E-state index contributed by atoms with van der Waals surface area (Å²) >= 11 is 2.03. The van der Waals surface area contributed by atoms with Gasteiger partial charge in [0.05, 0.1) is 0 Å². The normalized spacial score (nSPS) is 20.5. The fourth-order valence-corrected chi connectivity index (χ4v) is 7.31. The van der Waals surface area contributed by atoms with Crippen molar-refractivity contribution in [2.75, 3.05) is 0 Å². The summed E-state index contributed by atoms with van der Waals surface area (Å²) < 4.78 is 0.197. The van der Waals surface area contributed by atoms with Gasteiger partial charge < -0.3 is 5.11 Å². The van der Waals surface area contributed by atoms with Gasteiger partial charge in [-0.3, -0.25) is 0 Å². The van der Waals surface area contributed by atoms with Crippen molar-refractivity contribution in [1.82, 2.24) is 0 Å². The molecule has 2 fully saturated rings. The third kappa shape index (κ3) is 5.94. The van der Waals surface area contributed by atoms with Gasteiger partial charge in [0.15, 0.2) is 0 Å². The number of rotatable bonds is 5. The second-order valence-electron chi connectivity index (χ2n) is 11.2. The van der Waals surface area contributed by atoms with Crippen molar-refractivity contribution >= 4 is 11.8 Å². The lowest BCUT2D eigenvalue weighted by Gasteiger charge is -2.33. The van der Waals surface area contributed by atoms with Crippen molar-refractivity contribution < 1.29 is 5.11 Å². The molecule has 0 atom stereocenters. The summed E-state index contributed by atoms with van der Waals surface area (Å²) in [6, 6.07) is 4.71. The molecule has 2 saturated carbocycles. The van der Waals surface area contributed by atoms with Crippen molar-refractivity contribution in [3.05, 3.63) is 23.3 Å². The molecule has 1 aromatic rings. The molecule has 0 heterocycles. The van der Waals surface area contributed by atoms with Gasteiger partial charge in [-0.25, -0.2) is 0 Å². The van der Waals surface area contributed by atoms with Gasteiger partial charge in [-0.05, 0) is 72.6 Å². The molecule has 158 valence electrons. The highest BCUT2D eigenvalue weighted by Gasteiger charge is 2.30. The summed E-state index contributed by atoms with van der Waals surface area (Å²) in [5.74, 6) is 1.77. The predicted molar refractivity (Wildman–Crippen MR) is 124 cm³/mol. The van der Waals surface area contributed by atoms with E-state index < -0.39 is 0 Å². The molecule has 1 nitrogen and oxygen atoms in total. The van der Waals surface area contributed by atoms with E-state index in [9.17, 15) is 5.11 Å². The summed E-state index contributed by atoms with van der Waals surface area (Å²) in [5, 5.41) is 11.3. The van der Waals surface area contributed by atoms with Crippen LogP contribution in [0.4, 0.5) is 0 Å².